The monoisotopic (exact) mass is 272 g/mol. The summed E-state index contributed by atoms with van der Waals surface area (Å²) in [5.74, 6) is -4.15. The van der Waals surface area contributed by atoms with Crippen molar-refractivity contribution in [3.63, 3.8) is 0 Å². The molecule has 3 nitrogen and oxygen atoms in total. The number of hydrogen-bond acceptors (Lipinski definition) is 2. The lowest BCUT2D eigenvalue weighted by atomic mass is 9.88. The maximum absolute atomic E-state index is 12.6. The van der Waals surface area contributed by atoms with Crippen LogP contribution in [0.3, 0.4) is 0 Å². The van der Waals surface area contributed by atoms with Crippen molar-refractivity contribution >= 4 is 5.97 Å². The number of hydrogen-bond donors (Lipinski definition) is 1. The van der Waals surface area contributed by atoms with Gasteiger partial charge in [-0.3, -0.25) is 4.79 Å². The third kappa shape index (κ3) is 4.85. The third-order valence-corrected chi connectivity index (χ3v) is 2.66. The molecule has 0 aliphatic carbocycles. The summed E-state index contributed by atoms with van der Waals surface area (Å²) in [7, 11) is 0. The van der Waals surface area contributed by atoms with Crippen LogP contribution in [0.5, 0.6) is 5.75 Å². The predicted octanol–water partition coefficient (Wildman–Crippen LogP) is 3.54. The Morgan fingerprint density at radius 2 is 1.84 bits per heavy atom. The second kappa shape index (κ2) is 5.99. The molecule has 5 heteroatoms. The molecule has 19 heavy (non-hydrogen) atoms. The Balaban J connectivity index is 2.78. The maximum Gasteiger partial charge on any atom is 0.311 e. The van der Waals surface area contributed by atoms with Crippen molar-refractivity contribution < 1.29 is 23.4 Å². The summed E-state index contributed by atoms with van der Waals surface area (Å²) in [6.45, 7) is 3.72. The number of halogens is 2. The molecule has 1 atom stereocenters. The van der Waals surface area contributed by atoms with Gasteiger partial charge in [0, 0.05) is 6.92 Å². The van der Waals surface area contributed by atoms with Gasteiger partial charge in [0.25, 0.3) is 5.92 Å². The summed E-state index contributed by atoms with van der Waals surface area (Å²) in [6, 6.07) is 6.22. The summed E-state index contributed by atoms with van der Waals surface area (Å²) in [5, 5.41) is 9.15. The lowest BCUT2D eigenvalue weighted by Crippen LogP contribution is -2.21. The predicted molar refractivity (Wildman–Crippen MR) is 67.8 cm³/mol. The maximum atomic E-state index is 12.6. The summed E-state index contributed by atoms with van der Waals surface area (Å²) in [4.78, 5) is 11.2. The van der Waals surface area contributed by atoms with E-state index in [0.29, 0.717) is 11.3 Å². The van der Waals surface area contributed by atoms with E-state index in [1.165, 1.54) is 12.1 Å². The molecule has 1 N–H and O–H groups in total. The van der Waals surface area contributed by atoms with Crippen LogP contribution in [0.2, 0.25) is 0 Å². The molecule has 1 aromatic rings. The minimum absolute atomic E-state index is 0.0516. The van der Waals surface area contributed by atoms with Crippen LogP contribution in [0, 0.1) is 5.92 Å². The van der Waals surface area contributed by atoms with Crippen LogP contribution >= 0.6 is 0 Å². The molecule has 0 amide bonds. The minimum Gasteiger partial charge on any atom is -0.487 e. The molecular weight excluding hydrogens is 254 g/mol. The van der Waals surface area contributed by atoms with Gasteiger partial charge < -0.3 is 9.84 Å². The van der Waals surface area contributed by atoms with Crippen molar-refractivity contribution in [2.24, 2.45) is 5.92 Å². The van der Waals surface area contributed by atoms with E-state index in [0.717, 1.165) is 6.92 Å². The van der Waals surface area contributed by atoms with Gasteiger partial charge >= 0.3 is 5.97 Å². The summed E-state index contributed by atoms with van der Waals surface area (Å²) >= 11 is 0. The first-order valence-electron chi connectivity index (χ1n) is 6.04. The van der Waals surface area contributed by atoms with E-state index >= 15 is 0 Å². The Bertz CT molecular complexity index is 421. The molecule has 0 radical (unpaired) electrons. The second-order valence-electron chi connectivity index (χ2n) is 4.99. The number of alkyl halides is 2. The SMILES string of the molecule is CC(C)C(C(=O)O)c1ccc(OCC(C)(F)F)cc1. The highest BCUT2D eigenvalue weighted by molar-refractivity contribution is 5.76. The molecule has 0 saturated heterocycles. The average molecular weight is 272 g/mol. The molecule has 1 aromatic carbocycles. The number of carboxylic acids is 1. The largest absolute Gasteiger partial charge is 0.487 e. The highest BCUT2D eigenvalue weighted by Gasteiger charge is 2.24. The zero-order valence-electron chi connectivity index (χ0n) is 11.2. The first-order valence-corrected chi connectivity index (χ1v) is 6.04. The van der Waals surface area contributed by atoms with Gasteiger partial charge in [0.2, 0.25) is 0 Å². The van der Waals surface area contributed by atoms with Gasteiger partial charge in [-0.2, -0.15) is 0 Å². The van der Waals surface area contributed by atoms with E-state index in [1.54, 1.807) is 12.1 Å². The van der Waals surface area contributed by atoms with Gasteiger partial charge in [-0.1, -0.05) is 26.0 Å². The van der Waals surface area contributed by atoms with E-state index in [1.807, 2.05) is 13.8 Å². The molecule has 0 aliphatic rings. The summed E-state index contributed by atoms with van der Waals surface area (Å²) in [5.41, 5.74) is 0.637. The smallest absolute Gasteiger partial charge is 0.311 e. The molecule has 106 valence electrons. The topological polar surface area (TPSA) is 46.5 Å². The Kier molecular flexibility index (Phi) is 4.86. The van der Waals surface area contributed by atoms with E-state index in [-0.39, 0.29) is 5.92 Å². The summed E-state index contributed by atoms with van der Waals surface area (Å²) < 4.78 is 30.2. The Hall–Kier alpha value is -1.65. The van der Waals surface area contributed by atoms with Gasteiger partial charge in [0.05, 0.1) is 5.92 Å². The third-order valence-electron chi connectivity index (χ3n) is 2.66. The fraction of sp³-hybridized carbons (Fsp3) is 0.500. The van der Waals surface area contributed by atoms with Crippen molar-refractivity contribution in [3.05, 3.63) is 29.8 Å². The standard InChI is InChI=1S/C14H18F2O3/c1-9(2)12(13(17)18)10-4-6-11(7-5-10)19-8-14(3,15)16/h4-7,9,12H,8H2,1-3H3,(H,17,18). The number of aliphatic carboxylic acids is 1. The number of ether oxygens (including phenoxy) is 1. The Morgan fingerprint density at radius 3 is 2.21 bits per heavy atom. The van der Waals surface area contributed by atoms with Crippen LogP contribution in [0.1, 0.15) is 32.3 Å². The van der Waals surface area contributed by atoms with E-state index < -0.39 is 24.4 Å². The van der Waals surface area contributed by atoms with Crippen molar-refractivity contribution in [1.82, 2.24) is 0 Å². The highest BCUT2D eigenvalue weighted by atomic mass is 19.3. The van der Waals surface area contributed by atoms with Crippen molar-refractivity contribution in [2.75, 3.05) is 6.61 Å². The Morgan fingerprint density at radius 1 is 1.32 bits per heavy atom. The fourth-order valence-electron chi connectivity index (χ4n) is 1.79. The fourth-order valence-corrected chi connectivity index (χ4v) is 1.79. The van der Waals surface area contributed by atoms with Gasteiger partial charge in [0.15, 0.2) is 6.61 Å². The van der Waals surface area contributed by atoms with Gasteiger partial charge in [-0.25, -0.2) is 8.78 Å². The van der Waals surface area contributed by atoms with Crippen LogP contribution in [-0.4, -0.2) is 23.6 Å². The lowest BCUT2D eigenvalue weighted by molar-refractivity contribution is -0.139. The Labute approximate surface area is 111 Å². The van der Waals surface area contributed by atoms with E-state index in [4.69, 9.17) is 9.84 Å². The molecule has 1 rings (SSSR count). The van der Waals surface area contributed by atoms with Crippen molar-refractivity contribution in [2.45, 2.75) is 32.6 Å². The molecule has 1 unspecified atom stereocenters. The van der Waals surface area contributed by atoms with Crippen LogP contribution in [0.25, 0.3) is 0 Å². The normalized spacial score (nSPS) is 13.4. The molecular formula is C14H18F2O3. The summed E-state index contributed by atoms with van der Waals surface area (Å²) in [6.07, 6.45) is 0. The van der Waals surface area contributed by atoms with Crippen molar-refractivity contribution in [3.8, 4) is 5.75 Å². The van der Waals surface area contributed by atoms with Gasteiger partial charge in [-0.05, 0) is 23.6 Å². The first-order chi connectivity index (χ1) is 8.70. The first kappa shape index (κ1) is 15.4. The lowest BCUT2D eigenvalue weighted by Gasteiger charge is -2.17. The number of benzene rings is 1. The van der Waals surface area contributed by atoms with E-state index in [2.05, 4.69) is 0 Å². The van der Waals surface area contributed by atoms with Crippen LogP contribution < -0.4 is 4.74 Å². The highest BCUT2D eigenvalue weighted by Crippen LogP contribution is 2.26. The number of rotatable bonds is 6. The van der Waals surface area contributed by atoms with Gasteiger partial charge in [0.1, 0.15) is 5.75 Å². The molecule has 0 aliphatic heterocycles. The van der Waals surface area contributed by atoms with Crippen LogP contribution in [0.4, 0.5) is 8.78 Å². The molecule has 0 saturated carbocycles. The second-order valence-corrected chi connectivity index (χ2v) is 4.99. The minimum atomic E-state index is -2.89. The molecule has 0 heterocycles. The number of carboxylic acid groups (broad SMARTS) is 1. The van der Waals surface area contributed by atoms with Crippen LogP contribution in [0.15, 0.2) is 24.3 Å². The van der Waals surface area contributed by atoms with Gasteiger partial charge in [-0.15, -0.1) is 0 Å². The molecule has 0 fully saturated rings. The zero-order valence-corrected chi connectivity index (χ0v) is 11.2. The van der Waals surface area contributed by atoms with Crippen LogP contribution in [-0.2, 0) is 4.79 Å². The number of carbonyl (C=O) groups is 1. The molecule has 0 spiro atoms. The average Bonchev–Trinajstić information content (AvgIpc) is 2.26. The zero-order chi connectivity index (χ0) is 14.6. The van der Waals surface area contributed by atoms with E-state index in [9.17, 15) is 13.6 Å². The van der Waals surface area contributed by atoms with Crippen molar-refractivity contribution in [1.29, 1.82) is 0 Å². The molecule has 0 bridgehead atoms. The quantitative estimate of drug-likeness (QED) is 0.861. The molecule has 0 aromatic heterocycles.